The molecule has 0 aromatic heterocycles. The second-order valence-corrected chi connectivity index (χ2v) is 7.90. The molecule has 1 aromatic carbocycles. The Morgan fingerprint density at radius 2 is 1.84 bits per heavy atom. The molecule has 1 heterocycles. The van der Waals surface area contributed by atoms with E-state index in [1.807, 2.05) is 17.9 Å². The Hall–Kier alpha value is -1.43. The fraction of sp³-hybridized carbons (Fsp3) is 0.650. The van der Waals surface area contributed by atoms with E-state index < -0.39 is 5.54 Å². The highest BCUT2D eigenvalue weighted by atomic mass is 16.5. The van der Waals surface area contributed by atoms with E-state index in [0.717, 1.165) is 32.7 Å². The van der Waals surface area contributed by atoms with Crippen LogP contribution in [0.3, 0.4) is 0 Å². The molecule has 0 spiro atoms. The second kappa shape index (κ2) is 7.06. The minimum Gasteiger partial charge on any atom is -0.378 e. The number of nitrogens with two attached hydrogens (primary N) is 1. The highest BCUT2D eigenvalue weighted by molar-refractivity contribution is 5.89. The summed E-state index contributed by atoms with van der Waals surface area (Å²) >= 11 is 0. The van der Waals surface area contributed by atoms with Gasteiger partial charge in [-0.2, -0.15) is 0 Å². The lowest BCUT2D eigenvalue weighted by Gasteiger charge is -2.59. The first kappa shape index (κ1) is 18.4. The van der Waals surface area contributed by atoms with Gasteiger partial charge in [0, 0.05) is 51.2 Å². The van der Waals surface area contributed by atoms with E-state index in [-0.39, 0.29) is 17.4 Å². The molecule has 25 heavy (non-hydrogen) atoms. The lowest BCUT2D eigenvalue weighted by atomic mass is 9.54. The van der Waals surface area contributed by atoms with Gasteiger partial charge in [0.1, 0.15) is 5.54 Å². The van der Waals surface area contributed by atoms with Crippen molar-refractivity contribution in [1.29, 1.82) is 0 Å². The predicted octanol–water partition coefficient (Wildman–Crippen LogP) is 1.86. The van der Waals surface area contributed by atoms with E-state index in [1.165, 1.54) is 5.56 Å². The zero-order valence-electron chi connectivity index (χ0n) is 15.7. The maximum absolute atomic E-state index is 13.1. The summed E-state index contributed by atoms with van der Waals surface area (Å²) < 4.78 is 5.75. The number of hydrogen-bond acceptors (Lipinski definition) is 4. The largest absolute Gasteiger partial charge is 0.378 e. The molecule has 5 heteroatoms. The van der Waals surface area contributed by atoms with Gasteiger partial charge in [-0.25, -0.2) is 0 Å². The molecule has 5 nitrogen and oxygen atoms in total. The average molecular weight is 345 g/mol. The van der Waals surface area contributed by atoms with Gasteiger partial charge in [0.15, 0.2) is 0 Å². The summed E-state index contributed by atoms with van der Waals surface area (Å²) in [5.74, 6) is 0.0906. The number of rotatable bonds is 5. The normalized spacial score (nSPS) is 29.3. The topological polar surface area (TPSA) is 58.8 Å². The fourth-order valence-electron chi connectivity index (χ4n) is 4.03. The minimum absolute atomic E-state index is 0.0748. The number of amides is 1. The standard InChI is InChI=1S/C20H31N3O2/c1-4-25-17-14-20(21,19(17,2)3)18(24)23-12-10-22(11-13-23)15-16-8-6-5-7-9-16/h5-9,17H,4,10-15,21H2,1-3H3. The quantitative estimate of drug-likeness (QED) is 0.885. The van der Waals surface area contributed by atoms with Crippen molar-refractivity contribution in [3.05, 3.63) is 35.9 Å². The first-order valence-corrected chi connectivity index (χ1v) is 9.34. The Morgan fingerprint density at radius 1 is 1.20 bits per heavy atom. The number of ether oxygens (including phenoxy) is 1. The van der Waals surface area contributed by atoms with Gasteiger partial charge < -0.3 is 15.4 Å². The lowest BCUT2D eigenvalue weighted by molar-refractivity contribution is -0.180. The summed E-state index contributed by atoms with van der Waals surface area (Å²) in [4.78, 5) is 17.4. The Labute approximate surface area is 151 Å². The van der Waals surface area contributed by atoms with E-state index >= 15 is 0 Å². The molecule has 1 aromatic rings. The SMILES string of the molecule is CCOC1CC(N)(C(=O)N2CCN(Cc3ccccc3)CC2)C1(C)C. The van der Waals surface area contributed by atoms with Crippen LogP contribution >= 0.6 is 0 Å². The molecule has 2 atom stereocenters. The van der Waals surface area contributed by atoms with Gasteiger partial charge in [-0.05, 0) is 12.5 Å². The van der Waals surface area contributed by atoms with Gasteiger partial charge in [0.25, 0.3) is 0 Å². The Morgan fingerprint density at radius 3 is 2.40 bits per heavy atom. The molecular weight excluding hydrogens is 314 g/mol. The van der Waals surface area contributed by atoms with Crippen LogP contribution < -0.4 is 5.73 Å². The molecule has 3 rings (SSSR count). The lowest BCUT2D eigenvalue weighted by Crippen LogP contribution is -2.76. The van der Waals surface area contributed by atoms with Gasteiger partial charge in [-0.1, -0.05) is 44.2 Å². The molecule has 1 saturated heterocycles. The van der Waals surface area contributed by atoms with Crippen LogP contribution in [-0.2, 0) is 16.1 Å². The summed E-state index contributed by atoms with van der Waals surface area (Å²) in [5, 5.41) is 0. The molecule has 1 aliphatic heterocycles. The summed E-state index contributed by atoms with van der Waals surface area (Å²) in [6, 6.07) is 10.5. The van der Waals surface area contributed by atoms with Crippen molar-refractivity contribution in [2.75, 3.05) is 32.8 Å². The molecule has 2 fully saturated rings. The van der Waals surface area contributed by atoms with E-state index in [2.05, 4.69) is 43.0 Å². The highest BCUT2D eigenvalue weighted by Crippen LogP contribution is 2.50. The van der Waals surface area contributed by atoms with E-state index in [0.29, 0.717) is 13.0 Å². The van der Waals surface area contributed by atoms with Crippen molar-refractivity contribution in [2.45, 2.75) is 45.4 Å². The second-order valence-electron chi connectivity index (χ2n) is 7.90. The summed E-state index contributed by atoms with van der Waals surface area (Å²) in [5.41, 5.74) is 6.75. The average Bonchev–Trinajstić information content (AvgIpc) is 2.62. The van der Waals surface area contributed by atoms with Gasteiger partial charge in [0.2, 0.25) is 5.91 Å². The van der Waals surface area contributed by atoms with Gasteiger partial charge in [-0.3, -0.25) is 9.69 Å². The smallest absolute Gasteiger partial charge is 0.243 e. The van der Waals surface area contributed by atoms with Crippen LogP contribution in [-0.4, -0.2) is 60.1 Å². The molecular formula is C20H31N3O2. The molecule has 1 aliphatic carbocycles. The molecule has 1 saturated carbocycles. The fourth-order valence-corrected chi connectivity index (χ4v) is 4.03. The molecule has 2 aliphatic rings. The van der Waals surface area contributed by atoms with Crippen molar-refractivity contribution in [1.82, 2.24) is 9.80 Å². The summed E-state index contributed by atoms with van der Waals surface area (Å²) in [6.45, 7) is 11.0. The Balaban J connectivity index is 1.55. The maximum Gasteiger partial charge on any atom is 0.243 e. The van der Waals surface area contributed by atoms with Crippen molar-refractivity contribution in [3.8, 4) is 0 Å². The molecule has 2 N–H and O–H groups in total. The van der Waals surface area contributed by atoms with Crippen LogP contribution in [0.15, 0.2) is 30.3 Å². The van der Waals surface area contributed by atoms with Crippen LogP contribution in [0.1, 0.15) is 32.8 Å². The van der Waals surface area contributed by atoms with Crippen LogP contribution in [0.4, 0.5) is 0 Å². The molecule has 0 radical (unpaired) electrons. The molecule has 1 amide bonds. The van der Waals surface area contributed by atoms with Crippen LogP contribution in [0.2, 0.25) is 0 Å². The van der Waals surface area contributed by atoms with Gasteiger partial charge in [-0.15, -0.1) is 0 Å². The third-order valence-corrected chi connectivity index (χ3v) is 6.12. The number of carbonyl (C=O) groups excluding carboxylic acids is 1. The Kier molecular flexibility index (Phi) is 5.19. The first-order chi connectivity index (χ1) is 11.9. The summed E-state index contributed by atoms with van der Waals surface area (Å²) in [6.07, 6.45) is 0.697. The van der Waals surface area contributed by atoms with E-state index in [1.54, 1.807) is 0 Å². The van der Waals surface area contributed by atoms with Crippen molar-refractivity contribution in [3.63, 3.8) is 0 Å². The Bertz CT molecular complexity index is 596. The third kappa shape index (κ3) is 3.33. The highest BCUT2D eigenvalue weighted by Gasteiger charge is 2.63. The van der Waals surface area contributed by atoms with Crippen molar-refractivity contribution >= 4 is 5.91 Å². The zero-order valence-corrected chi connectivity index (χ0v) is 15.7. The molecule has 2 unspecified atom stereocenters. The van der Waals surface area contributed by atoms with Crippen LogP contribution in [0.25, 0.3) is 0 Å². The summed E-state index contributed by atoms with van der Waals surface area (Å²) in [7, 11) is 0. The number of benzene rings is 1. The van der Waals surface area contributed by atoms with E-state index in [9.17, 15) is 4.79 Å². The zero-order chi connectivity index (χ0) is 18.1. The van der Waals surface area contributed by atoms with Crippen molar-refractivity contribution < 1.29 is 9.53 Å². The van der Waals surface area contributed by atoms with E-state index in [4.69, 9.17) is 10.5 Å². The number of carbonyl (C=O) groups is 1. The first-order valence-electron chi connectivity index (χ1n) is 9.34. The maximum atomic E-state index is 13.1. The van der Waals surface area contributed by atoms with Crippen molar-refractivity contribution in [2.24, 2.45) is 11.1 Å². The minimum atomic E-state index is -0.797. The predicted molar refractivity (Wildman–Crippen MR) is 99.0 cm³/mol. The molecule has 0 bridgehead atoms. The monoisotopic (exact) mass is 345 g/mol. The molecule has 138 valence electrons. The van der Waals surface area contributed by atoms with Crippen LogP contribution in [0, 0.1) is 5.41 Å². The van der Waals surface area contributed by atoms with Gasteiger partial charge in [0.05, 0.1) is 6.10 Å². The van der Waals surface area contributed by atoms with Gasteiger partial charge >= 0.3 is 0 Å². The number of nitrogens with zero attached hydrogens (tertiary/aromatic N) is 2. The number of hydrogen-bond donors (Lipinski definition) is 1. The number of piperazine rings is 1. The van der Waals surface area contributed by atoms with Crippen LogP contribution in [0.5, 0.6) is 0 Å². The third-order valence-electron chi connectivity index (χ3n) is 6.12.